The van der Waals surface area contributed by atoms with Gasteiger partial charge in [0.15, 0.2) is 0 Å². The minimum Gasteiger partial charge on any atom is -0.271 e. The molecule has 1 heterocycles. The van der Waals surface area contributed by atoms with Crippen LogP contribution in [0.25, 0.3) is 0 Å². The average molecular weight is 238 g/mol. The second-order valence-corrected chi connectivity index (χ2v) is 6.00. The van der Waals surface area contributed by atoms with Crippen LogP contribution >= 0.6 is 11.3 Å². The number of hydrogen-bond donors (Lipinski definition) is 2. The predicted octanol–water partition coefficient (Wildman–Crippen LogP) is 2.88. The maximum absolute atomic E-state index is 5.69. The minimum atomic E-state index is 0.478. The van der Waals surface area contributed by atoms with Gasteiger partial charge in [-0.3, -0.25) is 11.3 Å². The molecule has 3 heteroatoms. The second kappa shape index (κ2) is 5.80. The maximum atomic E-state index is 5.69. The summed E-state index contributed by atoms with van der Waals surface area (Å²) in [7, 11) is 0. The summed E-state index contributed by atoms with van der Waals surface area (Å²) in [6.45, 7) is 2.21. The van der Waals surface area contributed by atoms with Crippen molar-refractivity contribution in [2.75, 3.05) is 0 Å². The number of thiophene rings is 1. The number of aryl methyl sites for hydroxylation is 1. The van der Waals surface area contributed by atoms with Gasteiger partial charge in [0.2, 0.25) is 0 Å². The van der Waals surface area contributed by atoms with Crippen LogP contribution < -0.4 is 11.3 Å². The van der Waals surface area contributed by atoms with Crippen LogP contribution in [0.4, 0.5) is 0 Å². The van der Waals surface area contributed by atoms with Crippen LogP contribution in [0, 0.1) is 5.92 Å². The third-order valence-corrected chi connectivity index (χ3v) is 4.92. The van der Waals surface area contributed by atoms with Gasteiger partial charge in [-0.2, -0.15) is 0 Å². The van der Waals surface area contributed by atoms with Crippen LogP contribution in [0.3, 0.4) is 0 Å². The quantitative estimate of drug-likeness (QED) is 0.611. The van der Waals surface area contributed by atoms with Gasteiger partial charge in [0.25, 0.3) is 0 Å². The van der Waals surface area contributed by atoms with Crippen molar-refractivity contribution in [1.29, 1.82) is 0 Å². The Morgan fingerprint density at radius 2 is 2.06 bits per heavy atom. The number of hydrazine groups is 1. The Bertz CT molecular complexity index is 315. The van der Waals surface area contributed by atoms with Crippen molar-refractivity contribution in [2.24, 2.45) is 11.8 Å². The van der Waals surface area contributed by atoms with E-state index in [0.717, 1.165) is 18.8 Å². The van der Waals surface area contributed by atoms with Gasteiger partial charge in [0.1, 0.15) is 0 Å². The molecule has 0 saturated heterocycles. The van der Waals surface area contributed by atoms with Crippen LogP contribution in [0.15, 0.2) is 12.1 Å². The molecule has 1 unspecified atom stereocenters. The minimum absolute atomic E-state index is 0.478. The summed E-state index contributed by atoms with van der Waals surface area (Å²) in [5.74, 6) is 6.48. The van der Waals surface area contributed by atoms with Gasteiger partial charge in [-0.15, -0.1) is 11.3 Å². The van der Waals surface area contributed by atoms with E-state index in [0.29, 0.717) is 6.04 Å². The Morgan fingerprint density at radius 1 is 1.38 bits per heavy atom. The van der Waals surface area contributed by atoms with E-state index in [1.807, 2.05) is 11.3 Å². The maximum Gasteiger partial charge on any atom is 0.0286 e. The van der Waals surface area contributed by atoms with Crippen LogP contribution in [0.5, 0.6) is 0 Å². The Hall–Kier alpha value is -0.380. The first-order valence-corrected chi connectivity index (χ1v) is 7.19. The molecule has 1 saturated carbocycles. The van der Waals surface area contributed by atoms with Gasteiger partial charge in [0, 0.05) is 15.8 Å². The van der Waals surface area contributed by atoms with E-state index < -0.39 is 0 Å². The van der Waals surface area contributed by atoms with Crippen molar-refractivity contribution in [3.05, 3.63) is 21.9 Å². The highest BCUT2D eigenvalue weighted by atomic mass is 32.1. The largest absolute Gasteiger partial charge is 0.271 e. The number of rotatable bonds is 5. The van der Waals surface area contributed by atoms with Crippen molar-refractivity contribution < 1.29 is 0 Å². The van der Waals surface area contributed by atoms with E-state index in [2.05, 4.69) is 24.5 Å². The van der Waals surface area contributed by atoms with E-state index in [-0.39, 0.29) is 0 Å². The van der Waals surface area contributed by atoms with Crippen LogP contribution in [0.2, 0.25) is 0 Å². The van der Waals surface area contributed by atoms with Crippen molar-refractivity contribution >= 4 is 11.3 Å². The molecule has 2 rings (SSSR count). The molecule has 0 aliphatic heterocycles. The van der Waals surface area contributed by atoms with Gasteiger partial charge < -0.3 is 0 Å². The summed E-state index contributed by atoms with van der Waals surface area (Å²) >= 11 is 1.94. The Kier molecular flexibility index (Phi) is 4.38. The second-order valence-electron chi connectivity index (χ2n) is 4.74. The first-order chi connectivity index (χ1) is 7.83. The molecular weight excluding hydrogens is 216 g/mol. The van der Waals surface area contributed by atoms with Crippen LogP contribution in [0.1, 0.15) is 42.4 Å². The first-order valence-electron chi connectivity index (χ1n) is 6.37. The summed E-state index contributed by atoms with van der Waals surface area (Å²) in [6.07, 6.45) is 7.71. The van der Waals surface area contributed by atoms with Crippen LogP contribution in [-0.4, -0.2) is 6.04 Å². The Morgan fingerprint density at radius 3 is 2.62 bits per heavy atom. The molecule has 1 aromatic heterocycles. The molecule has 90 valence electrons. The van der Waals surface area contributed by atoms with E-state index >= 15 is 0 Å². The monoisotopic (exact) mass is 238 g/mol. The summed E-state index contributed by atoms with van der Waals surface area (Å²) in [4.78, 5) is 2.96. The van der Waals surface area contributed by atoms with Crippen molar-refractivity contribution in [3.63, 3.8) is 0 Å². The van der Waals surface area contributed by atoms with Gasteiger partial charge in [-0.1, -0.05) is 19.8 Å². The molecule has 1 fully saturated rings. The van der Waals surface area contributed by atoms with E-state index in [4.69, 9.17) is 5.84 Å². The standard InChI is InChI=1S/C13H22N2S/c1-2-11-7-8-12(16-11)9-13(15-14)10-5-3-4-6-10/h7-8,10,13,15H,2-6,9,14H2,1H3. The zero-order chi connectivity index (χ0) is 11.4. The lowest BCUT2D eigenvalue weighted by atomic mass is 9.95. The van der Waals surface area contributed by atoms with Gasteiger partial charge in [0.05, 0.1) is 0 Å². The third-order valence-electron chi connectivity index (χ3n) is 3.67. The molecule has 2 nitrogen and oxygen atoms in total. The first kappa shape index (κ1) is 12.1. The highest BCUT2D eigenvalue weighted by molar-refractivity contribution is 7.11. The lowest BCUT2D eigenvalue weighted by molar-refractivity contribution is 0.363. The molecule has 16 heavy (non-hydrogen) atoms. The molecule has 1 aromatic rings. The van der Waals surface area contributed by atoms with Crippen LogP contribution in [-0.2, 0) is 12.8 Å². The topological polar surface area (TPSA) is 38.0 Å². The van der Waals surface area contributed by atoms with Gasteiger partial charge in [-0.25, -0.2) is 0 Å². The van der Waals surface area contributed by atoms with Crippen molar-refractivity contribution in [3.8, 4) is 0 Å². The molecule has 1 aliphatic rings. The highest BCUT2D eigenvalue weighted by Crippen LogP contribution is 2.30. The molecule has 1 atom stereocenters. The van der Waals surface area contributed by atoms with E-state index in [9.17, 15) is 0 Å². The van der Waals surface area contributed by atoms with Crippen molar-refractivity contribution in [2.45, 2.75) is 51.5 Å². The average Bonchev–Trinajstić information content (AvgIpc) is 2.96. The fourth-order valence-electron chi connectivity index (χ4n) is 2.66. The Balaban J connectivity index is 1.94. The summed E-state index contributed by atoms with van der Waals surface area (Å²) in [5, 5.41) is 0. The molecule has 1 aliphatic carbocycles. The fourth-order valence-corrected chi connectivity index (χ4v) is 3.68. The SMILES string of the molecule is CCc1ccc(CC(NN)C2CCCC2)s1. The van der Waals surface area contributed by atoms with Gasteiger partial charge >= 0.3 is 0 Å². The number of hydrogen-bond acceptors (Lipinski definition) is 3. The molecule has 0 spiro atoms. The number of nitrogens with one attached hydrogen (secondary N) is 1. The molecular formula is C13H22N2S. The normalized spacial score (nSPS) is 19.1. The zero-order valence-corrected chi connectivity index (χ0v) is 10.9. The highest BCUT2D eigenvalue weighted by Gasteiger charge is 2.24. The van der Waals surface area contributed by atoms with Crippen molar-refractivity contribution in [1.82, 2.24) is 5.43 Å². The molecule has 3 N–H and O–H groups in total. The predicted molar refractivity (Wildman–Crippen MR) is 70.5 cm³/mol. The number of nitrogens with two attached hydrogens (primary N) is 1. The molecule has 0 bridgehead atoms. The summed E-state index contributed by atoms with van der Waals surface area (Å²) in [6, 6.07) is 5.00. The lowest BCUT2D eigenvalue weighted by Gasteiger charge is -2.21. The zero-order valence-electron chi connectivity index (χ0n) is 10.0. The summed E-state index contributed by atoms with van der Waals surface area (Å²) in [5.41, 5.74) is 3.03. The fraction of sp³-hybridized carbons (Fsp3) is 0.692. The van der Waals surface area contributed by atoms with E-state index in [1.165, 1.54) is 35.4 Å². The smallest absolute Gasteiger partial charge is 0.0286 e. The lowest BCUT2D eigenvalue weighted by Crippen LogP contribution is -2.41. The van der Waals surface area contributed by atoms with Gasteiger partial charge in [-0.05, 0) is 43.7 Å². The third kappa shape index (κ3) is 2.84. The van der Waals surface area contributed by atoms with E-state index in [1.54, 1.807) is 0 Å². The summed E-state index contributed by atoms with van der Waals surface area (Å²) < 4.78 is 0. The molecule has 0 radical (unpaired) electrons. The molecule has 0 amide bonds. The molecule has 0 aromatic carbocycles. The Labute approximate surface area is 102 Å².